The van der Waals surface area contributed by atoms with Crippen molar-refractivity contribution < 1.29 is 9.53 Å². The molecule has 2 heterocycles. The van der Waals surface area contributed by atoms with E-state index in [0.29, 0.717) is 29.6 Å². The maximum absolute atomic E-state index is 12.6. The zero-order chi connectivity index (χ0) is 21.5. The van der Waals surface area contributed by atoms with Crippen LogP contribution in [0, 0.1) is 0 Å². The molecule has 0 spiro atoms. The second-order valence-electron chi connectivity index (χ2n) is 6.91. The number of carbonyl (C=O) groups excluding carboxylic acids is 1. The first kappa shape index (κ1) is 20.2. The summed E-state index contributed by atoms with van der Waals surface area (Å²) >= 11 is 0. The van der Waals surface area contributed by atoms with E-state index in [1.165, 1.54) is 0 Å². The standard InChI is InChI=1S/C24H23N5O2/c1-2-20(23-26-16-21(28-23)17-9-4-3-5-10-17)29-24(30)27-18-11-8-12-19(15-18)31-22-13-6-7-14-25-22/h3-16,20H,2H2,1H3,(H,26,28)(H2,27,29,30)/t20-/m1/s1. The van der Waals surface area contributed by atoms with Crippen molar-refractivity contribution in [1.82, 2.24) is 20.3 Å². The maximum atomic E-state index is 12.6. The number of anilines is 1. The number of carbonyl (C=O) groups is 1. The lowest BCUT2D eigenvalue weighted by Gasteiger charge is -2.16. The minimum atomic E-state index is -0.320. The molecule has 0 aliphatic rings. The molecule has 0 radical (unpaired) electrons. The van der Waals surface area contributed by atoms with E-state index < -0.39 is 0 Å². The van der Waals surface area contributed by atoms with Crippen molar-refractivity contribution in [2.45, 2.75) is 19.4 Å². The summed E-state index contributed by atoms with van der Waals surface area (Å²) in [4.78, 5) is 24.5. The second kappa shape index (κ2) is 9.58. The molecule has 0 saturated heterocycles. The minimum absolute atomic E-state index is 0.245. The highest BCUT2D eigenvalue weighted by molar-refractivity contribution is 5.89. The first-order valence-electron chi connectivity index (χ1n) is 10.1. The van der Waals surface area contributed by atoms with Gasteiger partial charge in [-0.25, -0.2) is 14.8 Å². The van der Waals surface area contributed by atoms with Crippen LogP contribution in [0.25, 0.3) is 11.3 Å². The monoisotopic (exact) mass is 413 g/mol. The van der Waals surface area contributed by atoms with Gasteiger partial charge in [0.25, 0.3) is 0 Å². The molecule has 2 aromatic heterocycles. The van der Waals surface area contributed by atoms with Crippen molar-refractivity contribution in [3.8, 4) is 22.9 Å². The van der Waals surface area contributed by atoms with Crippen LogP contribution in [0.15, 0.2) is 85.2 Å². The van der Waals surface area contributed by atoms with Gasteiger partial charge >= 0.3 is 6.03 Å². The lowest BCUT2D eigenvalue weighted by atomic mass is 10.2. The van der Waals surface area contributed by atoms with Gasteiger partial charge in [-0.2, -0.15) is 0 Å². The molecule has 0 aliphatic heterocycles. The number of ether oxygens (including phenoxy) is 1. The molecule has 7 heteroatoms. The number of benzene rings is 2. The fraction of sp³-hybridized carbons (Fsp3) is 0.125. The summed E-state index contributed by atoms with van der Waals surface area (Å²) < 4.78 is 5.72. The van der Waals surface area contributed by atoms with E-state index in [9.17, 15) is 4.79 Å². The number of nitrogens with zero attached hydrogens (tertiary/aromatic N) is 2. The van der Waals surface area contributed by atoms with Gasteiger partial charge in [0.2, 0.25) is 5.88 Å². The van der Waals surface area contributed by atoms with Gasteiger partial charge in [-0.15, -0.1) is 0 Å². The van der Waals surface area contributed by atoms with Crippen LogP contribution >= 0.6 is 0 Å². The number of nitrogens with one attached hydrogen (secondary N) is 3. The Balaban J connectivity index is 1.40. The van der Waals surface area contributed by atoms with E-state index in [-0.39, 0.29) is 12.1 Å². The SMILES string of the molecule is CC[C@@H](NC(=O)Nc1cccc(Oc2ccccn2)c1)c1ncc(-c2ccccc2)[nH]1. The molecule has 3 N–H and O–H groups in total. The molecule has 156 valence electrons. The molecule has 0 aliphatic carbocycles. The van der Waals surface area contributed by atoms with Crippen molar-refractivity contribution in [3.63, 3.8) is 0 Å². The van der Waals surface area contributed by atoms with Gasteiger partial charge in [0, 0.05) is 24.0 Å². The highest BCUT2D eigenvalue weighted by Crippen LogP contribution is 2.23. The summed E-state index contributed by atoms with van der Waals surface area (Å²) in [5.41, 5.74) is 2.58. The van der Waals surface area contributed by atoms with Crippen LogP contribution in [-0.4, -0.2) is 21.0 Å². The second-order valence-corrected chi connectivity index (χ2v) is 6.91. The van der Waals surface area contributed by atoms with Crippen molar-refractivity contribution in [2.24, 2.45) is 0 Å². The molecule has 0 fully saturated rings. The van der Waals surface area contributed by atoms with E-state index in [1.807, 2.05) is 55.5 Å². The molecular weight excluding hydrogens is 390 g/mol. The average molecular weight is 413 g/mol. The fourth-order valence-corrected chi connectivity index (χ4v) is 3.13. The number of pyridine rings is 1. The van der Waals surface area contributed by atoms with Crippen molar-refractivity contribution in [2.75, 3.05) is 5.32 Å². The van der Waals surface area contributed by atoms with E-state index in [2.05, 4.69) is 25.6 Å². The third-order valence-corrected chi connectivity index (χ3v) is 4.68. The molecule has 0 bridgehead atoms. The van der Waals surface area contributed by atoms with E-state index in [1.54, 1.807) is 36.7 Å². The van der Waals surface area contributed by atoms with Crippen molar-refractivity contribution in [3.05, 3.63) is 91.0 Å². The molecule has 2 aromatic carbocycles. The maximum Gasteiger partial charge on any atom is 0.319 e. The summed E-state index contributed by atoms with van der Waals surface area (Å²) in [6.07, 6.45) is 4.14. The minimum Gasteiger partial charge on any atom is -0.439 e. The highest BCUT2D eigenvalue weighted by Gasteiger charge is 2.16. The molecule has 1 atom stereocenters. The molecule has 7 nitrogen and oxygen atoms in total. The fourth-order valence-electron chi connectivity index (χ4n) is 3.13. The summed E-state index contributed by atoms with van der Waals surface area (Å²) in [5, 5.41) is 5.82. The Morgan fingerprint density at radius 3 is 2.65 bits per heavy atom. The average Bonchev–Trinajstić information content (AvgIpc) is 3.29. The van der Waals surface area contributed by atoms with Crippen LogP contribution in [0.1, 0.15) is 25.2 Å². The predicted octanol–water partition coefficient (Wildman–Crippen LogP) is 5.54. The van der Waals surface area contributed by atoms with Crippen LogP contribution in [0.2, 0.25) is 0 Å². The smallest absolute Gasteiger partial charge is 0.319 e. The number of H-pyrrole nitrogens is 1. The number of aromatic nitrogens is 3. The van der Waals surface area contributed by atoms with E-state index in [0.717, 1.165) is 11.3 Å². The first-order chi connectivity index (χ1) is 15.2. The molecule has 2 amide bonds. The van der Waals surface area contributed by atoms with Gasteiger partial charge in [-0.1, -0.05) is 49.4 Å². The highest BCUT2D eigenvalue weighted by atomic mass is 16.5. The zero-order valence-electron chi connectivity index (χ0n) is 17.1. The van der Waals surface area contributed by atoms with Crippen LogP contribution in [0.3, 0.4) is 0 Å². The Labute approximate surface area is 180 Å². The number of urea groups is 1. The summed E-state index contributed by atoms with van der Waals surface area (Å²) in [7, 11) is 0. The summed E-state index contributed by atoms with van der Waals surface area (Å²) in [5.74, 6) is 1.79. The van der Waals surface area contributed by atoms with Crippen LogP contribution in [0.5, 0.6) is 11.6 Å². The van der Waals surface area contributed by atoms with Crippen molar-refractivity contribution >= 4 is 11.7 Å². The van der Waals surface area contributed by atoms with Gasteiger partial charge in [-0.05, 0) is 30.2 Å². The Morgan fingerprint density at radius 2 is 1.87 bits per heavy atom. The van der Waals surface area contributed by atoms with Crippen molar-refractivity contribution in [1.29, 1.82) is 0 Å². The lowest BCUT2D eigenvalue weighted by molar-refractivity contribution is 0.247. The van der Waals surface area contributed by atoms with Crippen LogP contribution < -0.4 is 15.4 Å². The lowest BCUT2D eigenvalue weighted by Crippen LogP contribution is -2.32. The zero-order valence-corrected chi connectivity index (χ0v) is 17.1. The molecular formula is C24H23N5O2. The van der Waals surface area contributed by atoms with Gasteiger partial charge in [0.15, 0.2) is 0 Å². The van der Waals surface area contributed by atoms with Gasteiger partial charge in [0.1, 0.15) is 11.6 Å². The third kappa shape index (κ3) is 5.27. The molecule has 4 aromatic rings. The Bertz CT molecular complexity index is 1130. The molecule has 0 saturated carbocycles. The van der Waals surface area contributed by atoms with Gasteiger partial charge in [0.05, 0.1) is 17.9 Å². The number of aromatic amines is 1. The Morgan fingerprint density at radius 1 is 1.03 bits per heavy atom. The number of rotatable bonds is 7. The number of hydrogen-bond donors (Lipinski definition) is 3. The number of imidazole rings is 1. The predicted molar refractivity (Wildman–Crippen MR) is 120 cm³/mol. The van der Waals surface area contributed by atoms with E-state index in [4.69, 9.17) is 4.74 Å². The van der Waals surface area contributed by atoms with Crippen LogP contribution in [-0.2, 0) is 0 Å². The summed E-state index contributed by atoms with van der Waals surface area (Å²) in [6, 6.07) is 22.0. The molecule has 31 heavy (non-hydrogen) atoms. The van der Waals surface area contributed by atoms with E-state index >= 15 is 0 Å². The quantitative estimate of drug-likeness (QED) is 0.371. The first-order valence-corrected chi connectivity index (χ1v) is 10.1. The number of hydrogen-bond acceptors (Lipinski definition) is 4. The molecule has 4 rings (SSSR count). The molecule has 0 unspecified atom stereocenters. The number of amides is 2. The van der Waals surface area contributed by atoms with Gasteiger partial charge in [-0.3, -0.25) is 0 Å². The third-order valence-electron chi connectivity index (χ3n) is 4.68. The Kier molecular flexibility index (Phi) is 6.23. The normalized spacial score (nSPS) is 11.5. The summed E-state index contributed by atoms with van der Waals surface area (Å²) in [6.45, 7) is 2.00. The topological polar surface area (TPSA) is 91.9 Å². The van der Waals surface area contributed by atoms with Crippen LogP contribution in [0.4, 0.5) is 10.5 Å². The Hall–Kier alpha value is -4.13. The largest absolute Gasteiger partial charge is 0.439 e. The van der Waals surface area contributed by atoms with Gasteiger partial charge < -0.3 is 20.4 Å².